The van der Waals surface area contributed by atoms with E-state index in [1.54, 1.807) is 0 Å². The first-order chi connectivity index (χ1) is 14.2. The smallest absolute Gasteiger partial charge is 0.0471 e. The lowest BCUT2D eigenvalue weighted by molar-refractivity contribution is 0.299. The Morgan fingerprint density at radius 3 is 2.10 bits per heavy atom. The van der Waals surface area contributed by atoms with E-state index < -0.39 is 0 Å². The van der Waals surface area contributed by atoms with Crippen molar-refractivity contribution in [3.05, 3.63) is 83.9 Å². The van der Waals surface area contributed by atoms with Crippen molar-refractivity contribution < 1.29 is 5.11 Å². The zero-order valence-corrected chi connectivity index (χ0v) is 17.1. The van der Waals surface area contributed by atoms with Crippen molar-refractivity contribution >= 4 is 43.1 Å². The van der Waals surface area contributed by atoms with E-state index in [9.17, 15) is 5.11 Å². The highest BCUT2D eigenvalue weighted by molar-refractivity contribution is 6.22. The third kappa shape index (κ3) is 2.81. The van der Waals surface area contributed by atoms with Gasteiger partial charge in [0.15, 0.2) is 0 Å². The fraction of sp³-hybridized carbons (Fsp3) is 0.214. The van der Waals surface area contributed by atoms with Gasteiger partial charge in [-0.1, -0.05) is 86.6 Å². The first-order valence-corrected chi connectivity index (χ1v) is 10.6. The normalized spacial score (nSPS) is 12.9. The Morgan fingerprint density at radius 2 is 1.31 bits per heavy atom. The third-order valence-corrected chi connectivity index (χ3v) is 6.52. The molecule has 0 saturated heterocycles. The van der Waals surface area contributed by atoms with E-state index in [2.05, 4.69) is 86.6 Å². The summed E-state index contributed by atoms with van der Waals surface area (Å²) in [5.41, 5.74) is 2.69. The summed E-state index contributed by atoms with van der Waals surface area (Å²) in [5.74, 6) is 0.457. The monoisotopic (exact) mass is 378 g/mol. The highest BCUT2D eigenvalue weighted by Crippen LogP contribution is 2.39. The summed E-state index contributed by atoms with van der Waals surface area (Å²) in [6, 6.07) is 26.7. The molecule has 1 nitrogen and oxygen atoms in total. The van der Waals surface area contributed by atoms with E-state index in [1.807, 2.05) is 0 Å². The lowest BCUT2D eigenvalue weighted by Gasteiger charge is -2.20. The summed E-state index contributed by atoms with van der Waals surface area (Å²) in [4.78, 5) is 0. The van der Waals surface area contributed by atoms with Crippen LogP contribution in [-0.2, 0) is 6.42 Å². The fourth-order valence-corrected chi connectivity index (χ4v) is 4.91. The average molecular weight is 379 g/mol. The predicted octanol–water partition coefficient (Wildman–Crippen LogP) is 7.35. The topological polar surface area (TPSA) is 20.2 Å². The molecule has 5 aromatic rings. The summed E-state index contributed by atoms with van der Waals surface area (Å²) in [5, 5.41) is 20.1. The Labute approximate surface area is 171 Å². The minimum absolute atomic E-state index is 0.189. The maximum absolute atomic E-state index is 9.63. The van der Waals surface area contributed by atoms with Gasteiger partial charge in [-0.3, -0.25) is 0 Å². The Hall–Kier alpha value is -2.90. The van der Waals surface area contributed by atoms with Crippen LogP contribution < -0.4 is 0 Å². The number of hydrogen-bond acceptors (Lipinski definition) is 1. The van der Waals surface area contributed by atoms with Crippen LogP contribution in [0.4, 0.5) is 0 Å². The summed E-state index contributed by atoms with van der Waals surface area (Å²) in [7, 11) is 0. The molecule has 0 aliphatic rings. The van der Waals surface area contributed by atoms with E-state index in [0.29, 0.717) is 12.3 Å². The molecule has 0 spiro atoms. The zero-order valence-electron chi connectivity index (χ0n) is 17.1. The van der Waals surface area contributed by atoms with Crippen molar-refractivity contribution in [3.8, 4) is 0 Å². The molecule has 1 atom stereocenters. The van der Waals surface area contributed by atoms with Gasteiger partial charge in [-0.15, -0.1) is 0 Å². The van der Waals surface area contributed by atoms with Crippen LogP contribution in [-0.4, -0.2) is 11.7 Å². The van der Waals surface area contributed by atoms with Gasteiger partial charge < -0.3 is 5.11 Å². The van der Waals surface area contributed by atoms with Crippen LogP contribution in [0, 0.1) is 0 Å². The molecule has 0 fully saturated rings. The molecule has 29 heavy (non-hydrogen) atoms. The Balaban J connectivity index is 1.94. The van der Waals surface area contributed by atoms with Crippen molar-refractivity contribution in [2.45, 2.75) is 32.6 Å². The molecule has 0 amide bonds. The van der Waals surface area contributed by atoms with Crippen LogP contribution in [0.5, 0.6) is 0 Å². The quantitative estimate of drug-likeness (QED) is 0.324. The fourth-order valence-electron chi connectivity index (χ4n) is 4.91. The Morgan fingerprint density at radius 1 is 0.690 bits per heavy atom. The molecule has 1 unspecified atom stereocenters. The molecule has 0 bridgehead atoms. The van der Waals surface area contributed by atoms with Crippen LogP contribution in [0.2, 0.25) is 0 Å². The highest BCUT2D eigenvalue weighted by Gasteiger charge is 2.16. The molecule has 0 aliphatic heterocycles. The van der Waals surface area contributed by atoms with E-state index in [-0.39, 0.29) is 6.61 Å². The van der Waals surface area contributed by atoms with Crippen LogP contribution in [0.15, 0.2) is 72.8 Å². The second-order valence-electron chi connectivity index (χ2n) is 8.13. The molecule has 5 aromatic carbocycles. The van der Waals surface area contributed by atoms with E-state index >= 15 is 0 Å². The molecule has 1 N–H and O–H groups in total. The molecule has 5 rings (SSSR count). The number of hydrogen-bond donors (Lipinski definition) is 1. The molecule has 144 valence electrons. The van der Waals surface area contributed by atoms with Crippen molar-refractivity contribution in [1.82, 2.24) is 0 Å². The lowest BCUT2D eigenvalue weighted by Crippen LogP contribution is -2.03. The van der Waals surface area contributed by atoms with Gasteiger partial charge in [0.2, 0.25) is 0 Å². The number of benzene rings is 5. The molecule has 0 aromatic heterocycles. The van der Waals surface area contributed by atoms with Gasteiger partial charge in [0.25, 0.3) is 0 Å². The van der Waals surface area contributed by atoms with Gasteiger partial charge in [0.1, 0.15) is 0 Å². The van der Waals surface area contributed by atoms with E-state index in [0.717, 1.165) is 6.42 Å². The number of fused-ring (bicyclic) bond motifs is 7. The van der Waals surface area contributed by atoms with Crippen molar-refractivity contribution in [2.75, 3.05) is 6.61 Å². The third-order valence-electron chi connectivity index (χ3n) is 6.52. The number of aliphatic hydroxyl groups excluding tert-OH is 1. The minimum Gasteiger partial charge on any atom is -0.396 e. The molecule has 0 radical (unpaired) electrons. The Bertz CT molecular complexity index is 1360. The molecule has 0 aliphatic carbocycles. The van der Waals surface area contributed by atoms with Crippen LogP contribution in [0.25, 0.3) is 43.1 Å². The van der Waals surface area contributed by atoms with Gasteiger partial charge in [0.05, 0.1) is 0 Å². The summed E-state index contributed by atoms with van der Waals surface area (Å²) in [6.07, 6.45) is 1.80. The first kappa shape index (κ1) is 18.1. The zero-order chi connectivity index (χ0) is 20.0. The molecular formula is C28H26O. The van der Waals surface area contributed by atoms with E-state index in [4.69, 9.17) is 0 Å². The Kier molecular flexibility index (Phi) is 4.49. The van der Waals surface area contributed by atoms with Crippen LogP contribution in [0.3, 0.4) is 0 Å². The SMILES string of the molecule is CCC(C)c1c(CCO)ccc2ccc3c4ccc5ccccc5c4ccc3c12. The van der Waals surface area contributed by atoms with Gasteiger partial charge in [-0.05, 0) is 73.0 Å². The predicted molar refractivity (Wildman–Crippen MR) is 126 cm³/mol. The average Bonchev–Trinajstić information content (AvgIpc) is 2.77. The minimum atomic E-state index is 0.189. The van der Waals surface area contributed by atoms with Gasteiger partial charge in [-0.25, -0.2) is 0 Å². The van der Waals surface area contributed by atoms with Crippen LogP contribution in [0.1, 0.15) is 37.3 Å². The maximum Gasteiger partial charge on any atom is 0.0471 e. The van der Waals surface area contributed by atoms with E-state index in [1.165, 1.54) is 54.2 Å². The molecular weight excluding hydrogens is 352 g/mol. The maximum atomic E-state index is 9.63. The van der Waals surface area contributed by atoms with Gasteiger partial charge in [0, 0.05) is 6.61 Å². The summed E-state index contributed by atoms with van der Waals surface area (Å²) in [6.45, 7) is 4.75. The van der Waals surface area contributed by atoms with Crippen LogP contribution >= 0.6 is 0 Å². The molecule has 0 saturated carbocycles. The lowest BCUT2D eigenvalue weighted by atomic mass is 9.84. The largest absolute Gasteiger partial charge is 0.396 e. The standard InChI is InChI=1S/C28H26O/c1-3-18(2)27-21(16-17-29)9-8-20-11-13-25-24-12-10-19-6-4-5-7-22(19)23(24)14-15-26(25)28(20)27/h4-15,18,29H,3,16-17H2,1-2H3. The second kappa shape index (κ2) is 7.17. The number of rotatable bonds is 4. The summed E-state index contributed by atoms with van der Waals surface area (Å²) >= 11 is 0. The van der Waals surface area contributed by atoms with Crippen molar-refractivity contribution in [1.29, 1.82) is 0 Å². The first-order valence-electron chi connectivity index (χ1n) is 10.6. The molecule has 0 heterocycles. The molecule has 1 heteroatoms. The van der Waals surface area contributed by atoms with Crippen molar-refractivity contribution in [3.63, 3.8) is 0 Å². The number of aliphatic hydroxyl groups is 1. The van der Waals surface area contributed by atoms with Gasteiger partial charge >= 0.3 is 0 Å². The second-order valence-corrected chi connectivity index (χ2v) is 8.13. The van der Waals surface area contributed by atoms with Gasteiger partial charge in [-0.2, -0.15) is 0 Å². The van der Waals surface area contributed by atoms with Crippen molar-refractivity contribution in [2.24, 2.45) is 0 Å². The highest BCUT2D eigenvalue weighted by atomic mass is 16.2. The summed E-state index contributed by atoms with van der Waals surface area (Å²) < 4.78 is 0.